The van der Waals surface area contributed by atoms with Gasteiger partial charge in [-0.25, -0.2) is 0 Å². The van der Waals surface area contributed by atoms with E-state index in [1.54, 1.807) is 0 Å². The van der Waals surface area contributed by atoms with Crippen LogP contribution in [0.3, 0.4) is 0 Å². The molecule has 0 spiro atoms. The predicted octanol–water partition coefficient (Wildman–Crippen LogP) is 3.11. The second-order valence-corrected chi connectivity index (χ2v) is 6.80. The van der Waals surface area contributed by atoms with Crippen molar-refractivity contribution < 1.29 is 9.94 Å². The molecule has 3 N–H and O–H groups in total. The van der Waals surface area contributed by atoms with Gasteiger partial charge in [0.2, 0.25) is 0 Å². The molecule has 1 aliphatic heterocycles. The highest BCUT2D eigenvalue weighted by atomic mass is 16.5. The number of hydrogen-bond donors (Lipinski definition) is 2. The molecular formula is C21H27N3O2. The van der Waals surface area contributed by atoms with Crippen molar-refractivity contribution in [2.45, 2.75) is 19.3 Å². The number of hydrogen-bond acceptors (Lipinski definition) is 4. The largest absolute Gasteiger partial charge is 0.492 e. The van der Waals surface area contributed by atoms with Crippen molar-refractivity contribution in [3.8, 4) is 5.75 Å². The number of nitrogens with two attached hydrogens (primary N) is 1. The van der Waals surface area contributed by atoms with Gasteiger partial charge in [-0.3, -0.25) is 4.90 Å². The Hall–Kier alpha value is -2.53. The molecule has 3 rings (SSSR count). The van der Waals surface area contributed by atoms with Gasteiger partial charge in [-0.05, 0) is 55.6 Å². The van der Waals surface area contributed by atoms with Gasteiger partial charge in [-0.15, -0.1) is 0 Å². The van der Waals surface area contributed by atoms with Gasteiger partial charge < -0.3 is 15.7 Å². The fourth-order valence-corrected chi connectivity index (χ4v) is 3.36. The summed E-state index contributed by atoms with van der Waals surface area (Å²) in [5.74, 6) is 1.47. The van der Waals surface area contributed by atoms with Crippen molar-refractivity contribution in [2.75, 3.05) is 26.2 Å². The minimum absolute atomic E-state index is 0.203. The van der Waals surface area contributed by atoms with Crippen LogP contribution in [0.25, 0.3) is 0 Å². The molecule has 0 aliphatic carbocycles. The molecule has 2 aromatic carbocycles. The first-order valence-electron chi connectivity index (χ1n) is 9.20. The second-order valence-electron chi connectivity index (χ2n) is 6.80. The molecule has 1 saturated heterocycles. The zero-order valence-corrected chi connectivity index (χ0v) is 15.1. The van der Waals surface area contributed by atoms with Gasteiger partial charge in [0, 0.05) is 12.5 Å². The molecule has 0 saturated carbocycles. The Morgan fingerprint density at radius 3 is 2.35 bits per heavy atom. The van der Waals surface area contributed by atoms with Crippen LogP contribution in [0.4, 0.5) is 0 Å². The van der Waals surface area contributed by atoms with Crippen molar-refractivity contribution in [2.24, 2.45) is 16.8 Å². The molecule has 0 bridgehead atoms. The molecule has 26 heavy (non-hydrogen) atoms. The Balaban J connectivity index is 1.39. The van der Waals surface area contributed by atoms with E-state index in [4.69, 9.17) is 15.7 Å². The molecule has 0 unspecified atom stereocenters. The maximum absolute atomic E-state index is 8.75. The molecule has 5 nitrogen and oxygen atoms in total. The van der Waals surface area contributed by atoms with Crippen molar-refractivity contribution in [1.82, 2.24) is 4.90 Å². The van der Waals surface area contributed by atoms with Crippen LogP contribution in [0, 0.1) is 5.92 Å². The maximum atomic E-state index is 8.75. The number of amidine groups is 1. The number of rotatable bonds is 7. The fraction of sp³-hybridized carbons (Fsp3) is 0.381. The van der Waals surface area contributed by atoms with Gasteiger partial charge in [-0.2, -0.15) is 0 Å². The summed E-state index contributed by atoms with van der Waals surface area (Å²) in [4.78, 5) is 2.37. The highest BCUT2D eigenvalue weighted by Crippen LogP contribution is 2.18. The third kappa shape index (κ3) is 5.23. The summed E-state index contributed by atoms with van der Waals surface area (Å²) in [6.07, 6.45) is 2.81. The molecular weight excluding hydrogens is 326 g/mol. The second kappa shape index (κ2) is 9.25. The molecule has 0 aromatic heterocycles. The topological polar surface area (TPSA) is 71.1 Å². The summed E-state index contributed by atoms with van der Waals surface area (Å²) in [6.45, 7) is 3.49. The first-order chi connectivity index (χ1) is 12.7. The zero-order valence-electron chi connectivity index (χ0n) is 15.1. The van der Waals surface area contributed by atoms with Crippen LogP contribution in [0.15, 0.2) is 59.8 Å². The Morgan fingerprint density at radius 2 is 1.69 bits per heavy atom. The Labute approximate surface area is 155 Å². The summed E-state index contributed by atoms with van der Waals surface area (Å²) in [7, 11) is 0. The van der Waals surface area contributed by atoms with E-state index in [-0.39, 0.29) is 5.92 Å². The third-order valence-corrected chi connectivity index (χ3v) is 4.97. The molecule has 138 valence electrons. The highest BCUT2D eigenvalue weighted by Gasteiger charge is 2.22. The van der Waals surface area contributed by atoms with Crippen molar-refractivity contribution in [3.63, 3.8) is 0 Å². The summed E-state index contributed by atoms with van der Waals surface area (Å²) in [6, 6.07) is 18.8. The van der Waals surface area contributed by atoms with Crippen LogP contribution in [0.1, 0.15) is 24.0 Å². The first kappa shape index (κ1) is 18.3. The molecule has 0 radical (unpaired) electrons. The monoisotopic (exact) mass is 353 g/mol. The zero-order chi connectivity index (χ0) is 18.2. The van der Waals surface area contributed by atoms with E-state index in [2.05, 4.69) is 46.5 Å². The lowest BCUT2D eigenvalue weighted by Crippen LogP contribution is -2.40. The van der Waals surface area contributed by atoms with Crippen LogP contribution in [0.2, 0.25) is 0 Å². The number of benzene rings is 2. The average Bonchev–Trinajstić information content (AvgIpc) is 2.70. The third-order valence-electron chi connectivity index (χ3n) is 4.97. The Bertz CT molecular complexity index is 693. The quantitative estimate of drug-likeness (QED) is 0.347. The van der Waals surface area contributed by atoms with E-state index in [0.717, 1.165) is 44.6 Å². The van der Waals surface area contributed by atoms with E-state index in [1.807, 2.05) is 18.2 Å². The van der Waals surface area contributed by atoms with Crippen LogP contribution in [-0.2, 0) is 6.42 Å². The number of nitrogens with zero attached hydrogens (tertiary/aromatic N) is 2. The number of piperidine rings is 1. The van der Waals surface area contributed by atoms with Gasteiger partial charge in [0.25, 0.3) is 0 Å². The van der Waals surface area contributed by atoms with Gasteiger partial charge in [0.15, 0.2) is 0 Å². The lowest BCUT2D eigenvalue weighted by atomic mass is 9.96. The predicted molar refractivity (Wildman–Crippen MR) is 104 cm³/mol. The van der Waals surface area contributed by atoms with Crippen molar-refractivity contribution in [3.05, 3.63) is 65.7 Å². The lowest BCUT2D eigenvalue weighted by Gasteiger charge is -2.31. The minimum atomic E-state index is 0.203. The summed E-state index contributed by atoms with van der Waals surface area (Å²) < 4.78 is 5.88. The van der Waals surface area contributed by atoms with Crippen molar-refractivity contribution in [1.29, 1.82) is 0 Å². The average molecular weight is 353 g/mol. The van der Waals surface area contributed by atoms with Crippen molar-refractivity contribution >= 4 is 5.84 Å². The van der Waals surface area contributed by atoms with Gasteiger partial charge in [-0.1, -0.05) is 47.6 Å². The molecule has 1 aliphatic rings. The molecule has 1 heterocycles. The highest BCUT2D eigenvalue weighted by molar-refractivity contribution is 5.82. The molecule has 0 amide bonds. The summed E-state index contributed by atoms with van der Waals surface area (Å²) in [5, 5.41) is 11.9. The Morgan fingerprint density at radius 1 is 1.04 bits per heavy atom. The van der Waals surface area contributed by atoms with Crippen LogP contribution < -0.4 is 10.5 Å². The van der Waals surface area contributed by atoms with Crippen LogP contribution >= 0.6 is 0 Å². The smallest absolute Gasteiger partial charge is 0.142 e. The van der Waals surface area contributed by atoms with Crippen LogP contribution in [0.5, 0.6) is 5.75 Å². The Kier molecular flexibility index (Phi) is 6.50. The van der Waals surface area contributed by atoms with E-state index in [0.29, 0.717) is 12.4 Å². The molecule has 1 fully saturated rings. The first-order valence-corrected chi connectivity index (χ1v) is 9.20. The van der Waals surface area contributed by atoms with Gasteiger partial charge in [0.05, 0.1) is 0 Å². The standard InChI is InChI=1S/C21H27N3O2/c22-21(23-25)19-10-12-24(13-11-19)14-15-26-20-8-6-18(7-9-20)16-17-4-2-1-3-5-17/h1-9,19,25H,10-16H2,(H2,22,23). The number of likely N-dealkylation sites (tertiary alicyclic amines) is 1. The normalized spacial score (nSPS) is 16.5. The van der Waals surface area contributed by atoms with E-state index >= 15 is 0 Å². The van der Waals surface area contributed by atoms with E-state index in [9.17, 15) is 0 Å². The van der Waals surface area contributed by atoms with Gasteiger partial charge in [0.1, 0.15) is 18.2 Å². The number of ether oxygens (including phenoxy) is 1. The lowest BCUT2D eigenvalue weighted by molar-refractivity contribution is 0.170. The summed E-state index contributed by atoms with van der Waals surface area (Å²) >= 11 is 0. The fourth-order valence-electron chi connectivity index (χ4n) is 3.36. The molecule has 5 heteroatoms. The maximum Gasteiger partial charge on any atom is 0.142 e. The molecule has 2 aromatic rings. The van der Waals surface area contributed by atoms with Crippen LogP contribution in [-0.4, -0.2) is 42.2 Å². The van der Waals surface area contributed by atoms with E-state index < -0.39 is 0 Å². The minimum Gasteiger partial charge on any atom is -0.492 e. The SMILES string of the molecule is N/C(=N\O)C1CCN(CCOc2ccc(Cc3ccccc3)cc2)CC1. The molecule has 0 atom stereocenters. The summed E-state index contributed by atoms with van der Waals surface area (Å²) in [5.41, 5.74) is 8.29. The number of oxime groups is 1. The van der Waals surface area contributed by atoms with Gasteiger partial charge >= 0.3 is 0 Å². The van der Waals surface area contributed by atoms with E-state index in [1.165, 1.54) is 11.1 Å².